The van der Waals surface area contributed by atoms with Crippen LogP contribution in [-0.2, 0) is 0 Å². The van der Waals surface area contributed by atoms with Crippen LogP contribution in [0.1, 0.15) is 32.4 Å². The Bertz CT molecular complexity index is 357. The Morgan fingerprint density at radius 2 is 1.81 bits per heavy atom. The fourth-order valence-corrected chi connectivity index (χ4v) is 1.82. The molecule has 1 amide bonds. The summed E-state index contributed by atoms with van der Waals surface area (Å²) in [5, 5.41) is 9.85. The Hall–Kier alpha value is -1.55. The Kier molecular flexibility index (Phi) is 3.55. The standard InChI is InChI=1S/C12H18N2O2/c1-12(2,3)10(14(13)11(15)16)9-7-5-4-6-8-9/h4-8,10H,13H2,1-3H3,(H,15,16). The van der Waals surface area contributed by atoms with Gasteiger partial charge >= 0.3 is 6.09 Å². The summed E-state index contributed by atoms with van der Waals surface area (Å²) in [5.74, 6) is 5.61. The van der Waals surface area contributed by atoms with E-state index < -0.39 is 6.09 Å². The van der Waals surface area contributed by atoms with E-state index in [9.17, 15) is 4.79 Å². The van der Waals surface area contributed by atoms with E-state index in [1.807, 2.05) is 51.1 Å². The maximum absolute atomic E-state index is 11.0. The number of amides is 1. The van der Waals surface area contributed by atoms with Crippen LogP contribution in [-0.4, -0.2) is 16.2 Å². The molecule has 0 aromatic heterocycles. The smallest absolute Gasteiger partial charge is 0.422 e. The minimum atomic E-state index is -1.12. The summed E-state index contributed by atoms with van der Waals surface area (Å²) in [6.07, 6.45) is -1.12. The first-order chi connectivity index (χ1) is 7.34. The van der Waals surface area contributed by atoms with Crippen molar-refractivity contribution in [1.29, 1.82) is 0 Å². The average Bonchev–Trinajstić information content (AvgIpc) is 2.17. The predicted molar refractivity (Wildman–Crippen MR) is 62.7 cm³/mol. The zero-order chi connectivity index (χ0) is 12.3. The molecule has 88 valence electrons. The van der Waals surface area contributed by atoms with Crippen molar-refractivity contribution in [1.82, 2.24) is 5.01 Å². The van der Waals surface area contributed by atoms with Crippen LogP contribution in [0.25, 0.3) is 0 Å². The van der Waals surface area contributed by atoms with E-state index in [4.69, 9.17) is 10.9 Å². The molecule has 0 saturated carbocycles. The van der Waals surface area contributed by atoms with Crippen molar-refractivity contribution in [2.75, 3.05) is 0 Å². The maximum Gasteiger partial charge on any atom is 0.422 e. The Morgan fingerprint density at radius 1 is 1.31 bits per heavy atom. The molecule has 0 aliphatic heterocycles. The van der Waals surface area contributed by atoms with E-state index >= 15 is 0 Å². The first kappa shape index (κ1) is 12.5. The Morgan fingerprint density at radius 3 is 2.19 bits per heavy atom. The van der Waals surface area contributed by atoms with Gasteiger partial charge in [-0.2, -0.15) is 0 Å². The Balaban J connectivity index is 3.12. The van der Waals surface area contributed by atoms with Gasteiger partial charge in [0.15, 0.2) is 0 Å². The van der Waals surface area contributed by atoms with Crippen molar-refractivity contribution in [2.24, 2.45) is 11.3 Å². The van der Waals surface area contributed by atoms with Gasteiger partial charge in [-0.25, -0.2) is 15.6 Å². The third kappa shape index (κ3) is 2.73. The molecule has 1 aromatic rings. The molecule has 0 heterocycles. The van der Waals surface area contributed by atoms with E-state index in [2.05, 4.69) is 0 Å². The van der Waals surface area contributed by atoms with E-state index in [0.29, 0.717) is 0 Å². The summed E-state index contributed by atoms with van der Waals surface area (Å²) in [7, 11) is 0. The largest absolute Gasteiger partial charge is 0.464 e. The molecule has 16 heavy (non-hydrogen) atoms. The number of hydrogen-bond acceptors (Lipinski definition) is 2. The number of nitrogens with two attached hydrogens (primary N) is 1. The minimum Gasteiger partial charge on any atom is -0.464 e. The topological polar surface area (TPSA) is 66.6 Å². The summed E-state index contributed by atoms with van der Waals surface area (Å²) >= 11 is 0. The molecule has 1 atom stereocenters. The molecule has 1 aromatic carbocycles. The van der Waals surface area contributed by atoms with Crippen molar-refractivity contribution in [3.05, 3.63) is 35.9 Å². The van der Waals surface area contributed by atoms with Gasteiger partial charge in [0.1, 0.15) is 0 Å². The van der Waals surface area contributed by atoms with Gasteiger partial charge in [0.25, 0.3) is 0 Å². The van der Waals surface area contributed by atoms with Crippen LogP contribution in [0.3, 0.4) is 0 Å². The van der Waals surface area contributed by atoms with Crippen LogP contribution in [0, 0.1) is 5.41 Å². The summed E-state index contributed by atoms with van der Waals surface area (Å²) in [4.78, 5) is 11.0. The first-order valence-corrected chi connectivity index (χ1v) is 5.16. The zero-order valence-corrected chi connectivity index (χ0v) is 9.84. The predicted octanol–water partition coefficient (Wildman–Crippen LogP) is 2.63. The molecule has 4 heteroatoms. The highest BCUT2D eigenvalue weighted by molar-refractivity contribution is 5.65. The van der Waals surface area contributed by atoms with Crippen molar-refractivity contribution in [2.45, 2.75) is 26.8 Å². The lowest BCUT2D eigenvalue weighted by molar-refractivity contribution is 0.0819. The number of hydrazine groups is 1. The normalized spacial score (nSPS) is 13.2. The number of rotatable bonds is 2. The summed E-state index contributed by atoms with van der Waals surface area (Å²) in [5.41, 5.74) is 0.647. The third-order valence-electron chi connectivity index (χ3n) is 2.43. The highest BCUT2D eigenvalue weighted by atomic mass is 16.4. The molecular weight excluding hydrogens is 204 g/mol. The molecule has 0 saturated heterocycles. The van der Waals surface area contributed by atoms with Gasteiger partial charge in [0, 0.05) is 0 Å². The fourth-order valence-electron chi connectivity index (χ4n) is 1.82. The summed E-state index contributed by atoms with van der Waals surface area (Å²) in [6.45, 7) is 5.90. The number of hydrogen-bond donors (Lipinski definition) is 2. The van der Waals surface area contributed by atoms with Crippen LogP contribution < -0.4 is 5.84 Å². The van der Waals surface area contributed by atoms with Gasteiger partial charge in [-0.1, -0.05) is 51.1 Å². The molecule has 0 radical (unpaired) electrons. The number of nitrogens with zero attached hydrogens (tertiary/aromatic N) is 1. The number of carbonyl (C=O) groups is 1. The molecule has 0 bridgehead atoms. The van der Waals surface area contributed by atoms with Gasteiger partial charge in [-0.05, 0) is 11.0 Å². The van der Waals surface area contributed by atoms with Crippen molar-refractivity contribution in [3.8, 4) is 0 Å². The third-order valence-corrected chi connectivity index (χ3v) is 2.43. The molecule has 3 N–H and O–H groups in total. The summed E-state index contributed by atoms with van der Waals surface area (Å²) in [6, 6.07) is 9.07. The monoisotopic (exact) mass is 222 g/mol. The van der Waals surface area contributed by atoms with Gasteiger partial charge in [0.2, 0.25) is 0 Å². The number of carboxylic acid groups (broad SMARTS) is 1. The maximum atomic E-state index is 11.0. The van der Waals surface area contributed by atoms with Crippen molar-refractivity contribution in [3.63, 3.8) is 0 Å². The van der Waals surface area contributed by atoms with Crippen LogP contribution >= 0.6 is 0 Å². The van der Waals surface area contributed by atoms with Gasteiger partial charge in [-0.15, -0.1) is 0 Å². The molecule has 0 spiro atoms. The second kappa shape index (κ2) is 4.53. The zero-order valence-electron chi connectivity index (χ0n) is 9.84. The van der Waals surface area contributed by atoms with Crippen LogP contribution in [0.15, 0.2) is 30.3 Å². The highest BCUT2D eigenvalue weighted by Crippen LogP contribution is 2.36. The molecule has 1 rings (SSSR count). The molecule has 4 nitrogen and oxygen atoms in total. The fraction of sp³-hybridized carbons (Fsp3) is 0.417. The second-order valence-corrected chi connectivity index (χ2v) is 4.87. The van der Waals surface area contributed by atoms with Crippen molar-refractivity contribution >= 4 is 6.09 Å². The second-order valence-electron chi connectivity index (χ2n) is 4.87. The lowest BCUT2D eigenvalue weighted by Crippen LogP contribution is -2.45. The van der Waals surface area contributed by atoms with E-state index in [1.54, 1.807) is 0 Å². The highest BCUT2D eigenvalue weighted by Gasteiger charge is 2.33. The lowest BCUT2D eigenvalue weighted by atomic mass is 9.82. The lowest BCUT2D eigenvalue weighted by Gasteiger charge is -2.36. The van der Waals surface area contributed by atoms with Crippen molar-refractivity contribution < 1.29 is 9.90 Å². The molecular formula is C12H18N2O2. The van der Waals surface area contributed by atoms with E-state index in [1.165, 1.54) is 0 Å². The Labute approximate surface area is 95.6 Å². The quantitative estimate of drug-likeness (QED) is 0.459. The van der Waals surface area contributed by atoms with Gasteiger partial charge in [0.05, 0.1) is 6.04 Å². The van der Waals surface area contributed by atoms with Crippen LogP contribution in [0.4, 0.5) is 4.79 Å². The van der Waals surface area contributed by atoms with Gasteiger partial charge in [-0.3, -0.25) is 0 Å². The molecule has 0 aliphatic carbocycles. The van der Waals surface area contributed by atoms with E-state index in [-0.39, 0.29) is 11.5 Å². The summed E-state index contributed by atoms with van der Waals surface area (Å²) < 4.78 is 0. The minimum absolute atomic E-state index is 0.255. The average molecular weight is 222 g/mol. The molecule has 0 fully saturated rings. The SMILES string of the molecule is CC(C)(C)C(c1ccccc1)N(N)C(=O)O. The first-order valence-electron chi connectivity index (χ1n) is 5.16. The number of benzene rings is 1. The molecule has 1 unspecified atom stereocenters. The molecule has 0 aliphatic rings. The van der Waals surface area contributed by atoms with Crippen LogP contribution in [0.5, 0.6) is 0 Å². The van der Waals surface area contributed by atoms with Crippen LogP contribution in [0.2, 0.25) is 0 Å². The van der Waals surface area contributed by atoms with Gasteiger partial charge < -0.3 is 5.11 Å². The van der Waals surface area contributed by atoms with E-state index in [0.717, 1.165) is 10.6 Å².